The topological polar surface area (TPSA) is 35.5 Å². The first-order valence-corrected chi connectivity index (χ1v) is 5.90. The Bertz CT molecular complexity index is 447. The Balaban J connectivity index is 2.35. The van der Waals surface area contributed by atoms with Crippen LogP contribution >= 0.6 is 0 Å². The normalized spacial score (nSPS) is 17.6. The van der Waals surface area contributed by atoms with Gasteiger partial charge in [-0.2, -0.15) is 0 Å². The lowest BCUT2D eigenvalue weighted by molar-refractivity contribution is 0.0618. The van der Waals surface area contributed by atoms with Gasteiger partial charge in [0.2, 0.25) is 0 Å². The van der Waals surface area contributed by atoms with Crippen LogP contribution in [0.4, 0.5) is 0 Å². The minimum atomic E-state index is -0.430. The molecule has 0 bridgehead atoms. The molecule has 0 spiro atoms. The largest absolute Gasteiger partial charge is 0.491 e. The first-order valence-electron chi connectivity index (χ1n) is 5.90. The van der Waals surface area contributed by atoms with E-state index in [0.29, 0.717) is 17.7 Å². The van der Waals surface area contributed by atoms with Crippen LogP contribution in [0.1, 0.15) is 44.5 Å². The van der Waals surface area contributed by atoms with Crippen molar-refractivity contribution in [1.82, 2.24) is 0 Å². The molecule has 0 aliphatic carbocycles. The smallest absolute Gasteiger partial charge is 0.170 e. The minimum absolute atomic E-state index is 0.111. The van der Waals surface area contributed by atoms with Crippen molar-refractivity contribution in [2.24, 2.45) is 0 Å². The van der Waals surface area contributed by atoms with Crippen LogP contribution in [0, 0.1) is 0 Å². The number of Topliss-reactive ketones (excluding diaryl/α,β-unsaturated/α-hetero) is 1. The Morgan fingerprint density at radius 3 is 2.71 bits per heavy atom. The van der Waals surface area contributed by atoms with Gasteiger partial charge in [0.1, 0.15) is 17.1 Å². The molecule has 0 unspecified atom stereocenters. The fourth-order valence-electron chi connectivity index (χ4n) is 1.98. The highest BCUT2D eigenvalue weighted by Crippen LogP contribution is 2.35. The first kappa shape index (κ1) is 12.0. The van der Waals surface area contributed by atoms with Crippen LogP contribution < -0.4 is 9.47 Å². The van der Waals surface area contributed by atoms with Gasteiger partial charge in [0.15, 0.2) is 5.78 Å². The highest BCUT2D eigenvalue weighted by atomic mass is 16.5. The van der Waals surface area contributed by atoms with Crippen LogP contribution in [0.5, 0.6) is 11.5 Å². The summed E-state index contributed by atoms with van der Waals surface area (Å²) in [4.78, 5) is 11.9. The Hall–Kier alpha value is -1.51. The molecule has 92 valence electrons. The number of hydrogen-bond donors (Lipinski definition) is 0. The van der Waals surface area contributed by atoms with Gasteiger partial charge in [-0.05, 0) is 39.8 Å². The molecule has 3 nitrogen and oxygen atoms in total. The van der Waals surface area contributed by atoms with Crippen molar-refractivity contribution >= 4 is 5.78 Å². The van der Waals surface area contributed by atoms with E-state index in [9.17, 15) is 4.79 Å². The van der Waals surface area contributed by atoms with Gasteiger partial charge in [-0.25, -0.2) is 0 Å². The van der Waals surface area contributed by atoms with Gasteiger partial charge in [-0.3, -0.25) is 4.79 Å². The quantitative estimate of drug-likeness (QED) is 0.788. The zero-order chi connectivity index (χ0) is 12.6. The maximum Gasteiger partial charge on any atom is 0.170 e. The van der Waals surface area contributed by atoms with Crippen LogP contribution in [-0.4, -0.2) is 17.5 Å². The van der Waals surface area contributed by atoms with E-state index in [1.165, 1.54) is 0 Å². The Labute approximate surface area is 102 Å². The van der Waals surface area contributed by atoms with E-state index < -0.39 is 5.60 Å². The van der Waals surface area contributed by atoms with Crippen molar-refractivity contribution in [1.29, 1.82) is 0 Å². The molecule has 17 heavy (non-hydrogen) atoms. The molecular weight excluding hydrogens is 216 g/mol. The van der Waals surface area contributed by atoms with E-state index >= 15 is 0 Å². The molecule has 0 N–H and O–H groups in total. The molecule has 3 heteroatoms. The van der Waals surface area contributed by atoms with Crippen molar-refractivity contribution in [2.45, 2.75) is 45.8 Å². The fraction of sp³-hybridized carbons (Fsp3) is 0.500. The summed E-state index contributed by atoms with van der Waals surface area (Å²) in [6.45, 7) is 7.78. The summed E-state index contributed by atoms with van der Waals surface area (Å²) in [5.74, 6) is 1.50. The highest BCUT2D eigenvalue weighted by Gasteiger charge is 2.32. The lowest BCUT2D eigenvalue weighted by atomic mass is 9.93. The number of benzene rings is 1. The number of ether oxygens (including phenoxy) is 2. The SMILES string of the molecule is CC(C)Oc1ccc2c(c1)OC(C)(C)CC2=O. The summed E-state index contributed by atoms with van der Waals surface area (Å²) < 4.78 is 11.4. The third-order valence-electron chi connectivity index (χ3n) is 2.60. The standard InChI is InChI=1S/C14H18O3/c1-9(2)16-10-5-6-11-12(15)8-14(3,4)17-13(11)7-10/h5-7,9H,8H2,1-4H3. The second-order valence-corrected chi connectivity index (χ2v) is 5.29. The van der Waals surface area contributed by atoms with Crippen molar-refractivity contribution in [3.63, 3.8) is 0 Å². The van der Waals surface area contributed by atoms with Gasteiger partial charge in [-0.1, -0.05) is 0 Å². The molecule has 1 heterocycles. The number of carbonyl (C=O) groups is 1. The number of carbonyl (C=O) groups excluding carboxylic acids is 1. The van der Waals surface area contributed by atoms with Gasteiger partial charge < -0.3 is 9.47 Å². The van der Waals surface area contributed by atoms with Crippen molar-refractivity contribution in [3.8, 4) is 11.5 Å². The Morgan fingerprint density at radius 1 is 1.35 bits per heavy atom. The van der Waals surface area contributed by atoms with E-state index in [1.54, 1.807) is 12.1 Å². The van der Waals surface area contributed by atoms with Crippen molar-refractivity contribution < 1.29 is 14.3 Å². The van der Waals surface area contributed by atoms with Gasteiger partial charge in [0, 0.05) is 6.07 Å². The number of ketones is 1. The summed E-state index contributed by atoms with van der Waals surface area (Å²) >= 11 is 0. The Morgan fingerprint density at radius 2 is 2.06 bits per heavy atom. The zero-order valence-corrected chi connectivity index (χ0v) is 10.7. The molecule has 2 rings (SSSR count). The third kappa shape index (κ3) is 2.60. The maximum absolute atomic E-state index is 11.9. The minimum Gasteiger partial charge on any atom is -0.491 e. The second kappa shape index (κ2) is 4.06. The van der Waals surface area contributed by atoms with Crippen LogP contribution in [0.3, 0.4) is 0 Å². The second-order valence-electron chi connectivity index (χ2n) is 5.29. The fourth-order valence-corrected chi connectivity index (χ4v) is 1.98. The summed E-state index contributed by atoms with van der Waals surface area (Å²) in [6.07, 6.45) is 0.532. The predicted octanol–water partition coefficient (Wildman–Crippen LogP) is 3.22. The van der Waals surface area contributed by atoms with Gasteiger partial charge in [0.25, 0.3) is 0 Å². The summed E-state index contributed by atoms with van der Waals surface area (Å²) in [7, 11) is 0. The van der Waals surface area contributed by atoms with Crippen molar-refractivity contribution in [3.05, 3.63) is 23.8 Å². The average Bonchev–Trinajstić information content (AvgIpc) is 2.13. The summed E-state index contributed by atoms with van der Waals surface area (Å²) in [5, 5.41) is 0. The van der Waals surface area contributed by atoms with Gasteiger partial charge in [0.05, 0.1) is 18.1 Å². The monoisotopic (exact) mass is 234 g/mol. The van der Waals surface area contributed by atoms with Crippen LogP contribution in [0.25, 0.3) is 0 Å². The van der Waals surface area contributed by atoms with E-state index in [1.807, 2.05) is 33.8 Å². The van der Waals surface area contributed by atoms with Crippen molar-refractivity contribution in [2.75, 3.05) is 0 Å². The maximum atomic E-state index is 11.9. The molecule has 0 atom stereocenters. The number of rotatable bonds is 2. The molecule has 0 fully saturated rings. The van der Waals surface area contributed by atoms with Gasteiger partial charge >= 0.3 is 0 Å². The third-order valence-corrected chi connectivity index (χ3v) is 2.60. The first-order chi connectivity index (χ1) is 7.87. The predicted molar refractivity (Wildman–Crippen MR) is 65.9 cm³/mol. The van der Waals surface area contributed by atoms with Crippen LogP contribution in [0.15, 0.2) is 18.2 Å². The van der Waals surface area contributed by atoms with E-state index in [0.717, 1.165) is 5.75 Å². The molecule has 1 aliphatic heterocycles. The molecule has 0 saturated carbocycles. The van der Waals surface area contributed by atoms with E-state index in [-0.39, 0.29) is 11.9 Å². The lowest BCUT2D eigenvalue weighted by Gasteiger charge is -2.31. The molecule has 0 amide bonds. The molecular formula is C14H18O3. The molecule has 0 aromatic heterocycles. The number of hydrogen-bond acceptors (Lipinski definition) is 3. The zero-order valence-electron chi connectivity index (χ0n) is 10.7. The number of fused-ring (bicyclic) bond motifs is 1. The van der Waals surface area contributed by atoms with Gasteiger partial charge in [-0.15, -0.1) is 0 Å². The molecule has 1 aromatic rings. The summed E-state index contributed by atoms with van der Waals surface area (Å²) in [6, 6.07) is 5.40. The summed E-state index contributed by atoms with van der Waals surface area (Å²) in [5.41, 5.74) is 0.223. The average molecular weight is 234 g/mol. The van der Waals surface area contributed by atoms with E-state index in [2.05, 4.69) is 0 Å². The molecule has 0 radical (unpaired) electrons. The molecule has 1 aromatic carbocycles. The van der Waals surface area contributed by atoms with Crippen LogP contribution in [-0.2, 0) is 0 Å². The molecule has 0 saturated heterocycles. The highest BCUT2D eigenvalue weighted by molar-refractivity contribution is 6.00. The lowest BCUT2D eigenvalue weighted by Crippen LogP contribution is -2.35. The van der Waals surface area contributed by atoms with Crippen LogP contribution in [0.2, 0.25) is 0 Å². The molecule has 1 aliphatic rings. The van der Waals surface area contributed by atoms with E-state index in [4.69, 9.17) is 9.47 Å². The Kier molecular flexibility index (Phi) is 2.86.